The van der Waals surface area contributed by atoms with Crippen LogP contribution in [0.15, 0.2) is 170 Å². The van der Waals surface area contributed by atoms with Gasteiger partial charge in [-0.05, 0) is 45.2 Å². The summed E-state index contributed by atoms with van der Waals surface area (Å²) in [5.74, 6) is -0.0102. The van der Waals surface area contributed by atoms with Crippen molar-refractivity contribution >= 4 is 57.5 Å². The van der Waals surface area contributed by atoms with E-state index in [0.717, 1.165) is 44.1 Å². The van der Waals surface area contributed by atoms with E-state index in [0.29, 0.717) is 32.9 Å². The van der Waals surface area contributed by atoms with Gasteiger partial charge in [-0.25, -0.2) is 0 Å². The number of hydrogen-bond donors (Lipinski definition) is 0. The van der Waals surface area contributed by atoms with Gasteiger partial charge in [-0.1, -0.05) is 221 Å². The highest BCUT2D eigenvalue weighted by Crippen LogP contribution is 2.39. The predicted molar refractivity (Wildman–Crippen MR) is 316 cm³/mol. The van der Waals surface area contributed by atoms with Crippen LogP contribution in [0.1, 0.15) is 64.3 Å². The van der Waals surface area contributed by atoms with Crippen LogP contribution >= 0.6 is 0 Å². The summed E-state index contributed by atoms with van der Waals surface area (Å²) < 4.78 is 27.3. The molecule has 0 aliphatic heterocycles. The minimum Gasteiger partial charge on any atom is -0.467 e. The molecule has 0 radical (unpaired) electrons. The summed E-state index contributed by atoms with van der Waals surface area (Å²) in [5, 5.41) is 26.7. The molecule has 0 fully saturated rings. The molecule has 4 aromatic heterocycles. The molecule has 0 bridgehead atoms. The van der Waals surface area contributed by atoms with Gasteiger partial charge in [0.2, 0.25) is 0 Å². The SMILES string of the molecule is COc1nc(OC)nc(/C(C#N)=c2/c3c(-c4cccc(C(C)(C)C)c4)n(B(c4ccccc4)c4ccccc4)/c(=C(/C#N)c4nc(OC)nc(OC)n4)c3c(-c3cccc(C(C)(C)C)c3)n2B(c2ccccc2)c2ccccc2)n1. The van der Waals surface area contributed by atoms with Gasteiger partial charge in [0, 0.05) is 22.2 Å². The zero-order valence-electron chi connectivity index (χ0n) is 46.4. The van der Waals surface area contributed by atoms with Crippen LogP contribution in [0.3, 0.4) is 0 Å². The van der Waals surface area contributed by atoms with Crippen LogP contribution in [0, 0.1) is 22.7 Å². The van der Waals surface area contributed by atoms with Gasteiger partial charge in [0.1, 0.15) is 23.3 Å². The maximum absolute atomic E-state index is 12.3. The monoisotopic (exact) mass is 1050 g/mol. The van der Waals surface area contributed by atoms with Crippen LogP contribution in [-0.4, -0.2) is 81.0 Å². The maximum Gasteiger partial charge on any atom is 0.328 e. The van der Waals surface area contributed by atoms with E-state index in [9.17, 15) is 10.5 Å². The average Bonchev–Trinajstić information content (AvgIpc) is 4.22. The van der Waals surface area contributed by atoms with Crippen LogP contribution in [0.2, 0.25) is 0 Å². The van der Waals surface area contributed by atoms with Crippen molar-refractivity contribution in [2.75, 3.05) is 28.4 Å². The van der Waals surface area contributed by atoms with Gasteiger partial charge < -0.3 is 27.9 Å². The number of fused-ring (bicyclic) bond motifs is 1. The highest BCUT2D eigenvalue weighted by Gasteiger charge is 2.38. The quantitative estimate of drug-likeness (QED) is 0.0983. The number of nitrogens with zero attached hydrogens (tertiary/aromatic N) is 10. The lowest BCUT2D eigenvalue weighted by molar-refractivity contribution is 0.338. The van der Waals surface area contributed by atoms with E-state index in [2.05, 4.69) is 170 Å². The van der Waals surface area contributed by atoms with Crippen molar-refractivity contribution in [1.29, 1.82) is 10.5 Å². The Morgan fingerprint density at radius 3 is 0.938 bits per heavy atom. The first-order chi connectivity index (χ1) is 38.7. The Hall–Kier alpha value is -9.79. The van der Waals surface area contributed by atoms with Gasteiger partial charge in [-0.3, -0.25) is 0 Å². The lowest BCUT2D eigenvalue weighted by Crippen LogP contribution is -2.54. The molecule has 6 aromatic carbocycles. The zero-order valence-corrected chi connectivity index (χ0v) is 46.4. The topological polar surface area (TPSA) is 172 Å². The first kappa shape index (κ1) is 53.6. The highest BCUT2D eigenvalue weighted by atomic mass is 16.5. The third-order valence-electron chi connectivity index (χ3n) is 14.2. The highest BCUT2D eigenvalue weighted by molar-refractivity contribution is 6.85. The molecule has 0 saturated heterocycles. The number of nitriles is 2. The summed E-state index contributed by atoms with van der Waals surface area (Å²) >= 11 is 0. The molecule has 0 atom stereocenters. The summed E-state index contributed by atoms with van der Waals surface area (Å²) in [6, 6.07) is 62.9. The minimum absolute atomic E-state index is 0.00509. The molecule has 0 N–H and O–H groups in total. The molecule has 0 saturated carbocycles. The molecule has 10 aromatic rings. The summed E-state index contributed by atoms with van der Waals surface area (Å²) in [4.78, 5) is 28.2. The van der Waals surface area contributed by atoms with Crippen LogP contribution in [0.25, 0.3) is 44.4 Å². The van der Waals surface area contributed by atoms with E-state index in [1.54, 1.807) is 0 Å². The third kappa shape index (κ3) is 10.2. The largest absolute Gasteiger partial charge is 0.467 e. The lowest BCUT2D eigenvalue weighted by Gasteiger charge is -2.25. The van der Waals surface area contributed by atoms with Crippen LogP contribution in [0.4, 0.5) is 0 Å². The zero-order chi connectivity index (χ0) is 56.3. The third-order valence-corrected chi connectivity index (χ3v) is 14.2. The maximum atomic E-state index is 12.3. The van der Waals surface area contributed by atoms with Crippen molar-refractivity contribution in [3.63, 3.8) is 0 Å². The molecular formula is C64H58B2N10O4. The van der Waals surface area contributed by atoms with Crippen LogP contribution < -0.4 is 51.5 Å². The molecule has 16 heteroatoms. The first-order valence-electron chi connectivity index (χ1n) is 26.2. The fourth-order valence-electron chi connectivity index (χ4n) is 10.4. The summed E-state index contributed by atoms with van der Waals surface area (Å²) in [5.41, 5.74) is 8.13. The second-order valence-corrected chi connectivity index (χ2v) is 21.2. The molecule has 0 aliphatic carbocycles. The van der Waals surface area contributed by atoms with Crippen LogP contribution in [-0.2, 0) is 10.8 Å². The van der Waals surface area contributed by atoms with E-state index in [4.69, 9.17) is 38.9 Å². The first-order valence-corrected chi connectivity index (χ1v) is 26.2. The molecule has 14 nitrogen and oxygen atoms in total. The summed E-state index contributed by atoms with van der Waals surface area (Å²) in [7, 11) is 5.82. The van der Waals surface area contributed by atoms with Gasteiger partial charge in [0.25, 0.3) is 0 Å². The van der Waals surface area contributed by atoms with Gasteiger partial charge in [0.05, 0.1) is 39.1 Å². The number of methoxy groups -OCH3 is 4. The number of rotatable bonds is 14. The smallest absolute Gasteiger partial charge is 0.328 e. The normalized spacial score (nSPS) is 12.2. The minimum atomic E-state index is -0.654. The number of hydrogen-bond acceptors (Lipinski definition) is 12. The van der Waals surface area contributed by atoms with E-state index in [1.807, 2.05) is 72.8 Å². The molecule has 0 amide bonds. The van der Waals surface area contributed by atoms with Gasteiger partial charge in [-0.2, -0.15) is 30.5 Å². The van der Waals surface area contributed by atoms with E-state index >= 15 is 0 Å². The van der Waals surface area contributed by atoms with Crippen LogP contribution in [0.5, 0.6) is 24.0 Å². The molecular weight excluding hydrogens is 994 g/mol. The molecule has 80 heavy (non-hydrogen) atoms. The fourth-order valence-corrected chi connectivity index (χ4v) is 10.4. The Bertz CT molecular complexity index is 3740. The van der Waals surface area contributed by atoms with E-state index in [-0.39, 0.29) is 57.7 Å². The van der Waals surface area contributed by atoms with Gasteiger partial charge in [-0.15, -0.1) is 9.97 Å². The van der Waals surface area contributed by atoms with Crippen molar-refractivity contribution in [2.24, 2.45) is 0 Å². The Morgan fingerprint density at radius 2 is 0.688 bits per heavy atom. The lowest BCUT2D eigenvalue weighted by atomic mass is 9.50. The molecule has 0 unspecified atom stereocenters. The predicted octanol–water partition coefficient (Wildman–Crippen LogP) is 7.53. The number of aromatic nitrogens is 8. The van der Waals surface area contributed by atoms with E-state index < -0.39 is 13.7 Å². The molecule has 10 rings (SSSR count). The molecule has 0 aliphatic rings. The Balaban J connectivity index is 1.67. The summed E-state index contributed by atoms with van der Waals surface area (Å²) in [6.45, 7) is 11.8. The number of ether oxygens (including phenoxy) is 4. The van der Waals surface area contributed by atoms with Crippen molar-refractivity contribution in [1.82, 2.24) is 38.9 Å². The van der Waals surface area contributed by atoms with Crippen molar-refractivity contribution in [3.05, 3.63) is 203 Å². The van der Waals surface area contributed by atoms with Gasteiger partial charge in [0.15, 0.2) is 11.6 Å². The van der Waals surface area contributed by atoms with Crippen molar-refractivity contribution in [2.45, 2.75) is 52.4 Å². The van der Waals surface area contributed by atoms with Gasteiger partial charge >= 0.3 is 37.7 Å². The summed E-state index contributed by atoms with van der Waals surface area (Å²) in [6.07, 6.45) is 0. The Kier molecular flexibility index (Phi) is 14.9. The number of benzene rings is 6. The Morgan fingerprint density at radius 1 is 0.400 bits per heavy atom. The average molecular weight is 1050 g/mol. The standard InChI is InChI=1S/C64H58B2N10O4/c1-63(2,3)43-27-23-25-41(37-43)53-51-52(56(50(40-68)58-71-61(79-9)74-62(72-58)80-10)75(53)65(45-29-15-11-16-30-45)46-31-17-12-18-32-46)54(42-26-24-28-44(38-42)64(4,5)6)76(66(47-33-19-13-20-34-47)48-35-21-14-22-36-48)55(51)49(39-67)57-69-59(77-7)73-60(70-57)78-8/h11-38H,1-10H3/b55-49-,56-50-. The molecule has 4 heterocycles. The Labute approximate surface area is 466 Å². The van der Waals surface area contributed by atoms with Crippen molar-refractivity contribution in [3.8, 4) is 58.7 Å². The van der Waals surface area contributed by atoms with Crippen molar-refractivity contribution < 1.29 is 18.9 Å². The second kappa shape index (κ2) is 22.3. The van der Waals surface area contributed by atoms with E-state index in [1.165, 1.54) is 28.4 Å². The second-order valence-electron chi connectivity index (χ2n) is 21.2. The molecule has 0 spiro atoms. The fraction of sp³-hybridized carbons (Fsp3) is 0.188. The molecule has 394 valence electrons.